The van der Waals surface area contributed by atoms with Gasteiger partial charge >= 0.3 is 5.97 Å². The van der Waals surface area contributed by atoms with Gasteiger partial charge in [-0.15, -0.1) is 0 Å². The summed E-state index contributed by atoms with van der Waals surface area (Å²) in [7, 11) is 4.33. The molecular weight excluding hydrogens is 398 g/mol. The summed E-state index contributed by atoms with van der Waals surface area (Å²) in [6.07, 6.45) is 1.61. The normalized spacial score (nSPS) is 15.2. The number of esters is 1. The molecule has 0 bridgehead atoms. The molecule has 1 fully saturated rings. The van der Waals surface area contributed by atoms with Crippen molar-refractivity contribution in [3.8, 4) is 11.5 Å². The Kier molecular flexibility index (Phi) is 5.97. The van der Waals surface area contributed by atoms with Gasteiger partial charge in [0, 0.05) is 11.1 Å². The first-order valence-electron chi connectivity index (χ1n) is 8.53. The maximum Gasteiger partial charge on any atom is 0.373 e. The Bertz CT molecular complexity index is 1010. The van der Waals surface area contributed by atoms with E-state index in [1.165, 1.54) is 26.4 Å². The average Bonchev–Trinajstić information content (AvgIpc) is 3.28. The summed E-state index contributed by atoms with van der Waals surface area (Å²) < 4.78 is 20.7. The minimum atomic E-state index is -0.632. The van der Waals surface area contributed by atoms with Crippen LogP contribution in [-0.2, 0) is 16.1 Å². The molecule has 2 heterocycles. The first kappa shape index (κ1) is 20.5. The number of nitrogens with zero attached hydrogens (tertiary/aromatic N) is 1. The molecule has 9 heteroatoms. The van der Waals surface area contributed by atoms with E-state index in [9.17, 15) is 14.4 Å². The van der Waals surface area contributed by atoms with E-state index in [-0.39, 0.29) is 17.2 Å². The highest BCUT2D eigenvalue weighted by atomic mass is 32.2. The van der Waals surface area contributed by atoms with Crippen molar-refractivity contribution < 1.29 is 33.0 Å². The van der Waals surface area contributed by atoms with Crippen LogP contribution in [0, 0.1) is 6.92 Å². The van der Waals surface area contributed by atoms with Gasteiger partial charge < -0.3 is 18.6 Å². The van der Waals surface area contributed by atoms with E-state index in [0.717, 1.165) is 22.2 Å². The largest absolute Gasteiger partial charge is 0.496 e. The number of benzene rings is 1. The van der Waals surface area contributed by atoms with Gasteiger partial charge in [0.05, 0.1) is 32.8 Å². The topological polar surface area (TPSA) is 95.3 Å². The molecule has 1 aliphatic heterocycles. The van der Waals surface area contributed by atoms with Crippen LogP contribution >= 0.6 is 11.8 Å². The van der Waals surface area contributed by atoms with Gasteiger partial charge in [-0.1, -0.05) is 0 Å². The lowest BCUT2D eigenvalue weighted by Crippen LogP contribution is -2.27. The van der Waals surface area contributed by atoms with Crippen LogP contribution in [0.25, 0.3) is 6.08 Å². The van der Waals surface area contributed by atoms with Gasteiger partial charge in [0.2, 0.25) is 5.76 Å². The summed E-state index contributed by atoms with van der Waals surface area (Å²) in [5.41, 5.74) is 1.44. The van der Waals surface area contributed by atoms with Crippen LogP contribution in [0.15, 0.2) is 33.6 Å². The van der Waals surface area contributed by atoms with E-state index in [0.29, 0.717) is 22.8 Å². The number of thioether (sulfide) groups is 1. The van der Waals surface area contributed by atoms with Crippen LogP contribution in [0.1, 0.15) is 27.4 Å². The summed E-state index contributed by atoms with van der Waals surface area (Å²) in [6, 6.07) is 6.48. The van der Waals surface area contributed by atoms with Gasteiger partial charge in [-0.25, -0.2) is 4.79 Å². The maximum absolute atomic E-state index is 12.7. The Morgan fingerprint density at radius 3 is 2.55 bits per heavy atom. The van der Waals surface area contributed by atoms with Crippen LogP contribution in [0.4, 0.5) is 4.79 Å². The Morgan fingerprint density at radius 1 is 1.14 bits per heavy atom. The SMILES string of the molecule is COC(=O)c1ccc(CN2C(=O)SC(=Cc3ccc(OC)c(C)c3OC)C2=O)o1. The summed E-state index contributed by atoms with van der Waals surface area (Å²) in [4.78, 5) is 37.9. The zero-order valence-electron chi connectivity index (χ0n) is 16.3. The van der Waals surface area contributed by atoms with Crippen molar-refractivity contribution in [3.63, 3.8) is 0 Å². The van der Waals surface area contributed by atoms with Crippen molar-refractivity contribution in [2.24, 2.45) is 0 Å². The maximum atomic E-state index is 12.7. The van der Waals surface area contributed by atoms with Gasteiger partial charge in [0.1, 0.15) is 17.3 Å². The number of methoxy groups -OCH3 is 3. The highest BCUT2D eigenvalue weighted by molar-refractivity contribution is 8.18. The summed E-state index contributed by atoms with van der Waals surface area (Å²) in [6.45, 7) is 1.76. The van der Waals surface area contributed by atoms with E-state index >= 15 is 0 Å². The lowest BCUT2D eigenvalue weighted by molar-refractivity contribution is -0.123. The van der Waals surface area contributed by atoms with Gasteiger partial charge in [-0.05, 0) is 49.0 Å². The first-order chi connectivity index (χ1) is 13.9. The molecule has 1 saturated heterocycles. The Labute approximate surface area is 171 Å². The Hall–Kier alpha value is -3.20. The fourth-order valence-electron chi connectivity index (χ4n) is 2.91. The molecule has 1 aromatic carbocycles. The van der Waals surface area contributed by atoms with Gasteiger partial charge in [-0.2, -0.15) is 0 Å². The first-order valence-corrected chi connectivity index (χ1v) is 9.35. The van der Waals surface area contributed by atoms with E-state index < -0.39 is 17.1 Å². The molecule has 0 saturated carbocycles. The average molecular weight is 417 g/mol. The minimum Gasteiger partial charge on any atom is -0.496 e. The minimum absolute atomic E-state index is 0.00320. The molecule has 0 atom stereocenters. The second kappa shape index (κ2) is 8.44. The monoisotopic (exact) mass is 417 g/mol. The van der Waals surface area contributed by atoms with Gasteiger partial charge in [0.25, 0.3) is 11.1 Å². The Morgan fingerprint density at radius 2 is 1.90 bits per heavy atom. The number of imide groups is 1. The fourth-order valence-corrected chi connectivity index (χ4v) is 3.74. The number of amides is 2. The van der Waals surface area contributed by atoms with Crippen LogP contribution in [0.3, 0.4) is 0 Å². The van der Waals surface area contributed by atoms with E-state index in [1.807, 2.05) is 6.92 Å². The van der Waals surface area contributed by atoms with Crippen molar-refractivity contribution in [1.82, 2.24) is 4.90 Å². The summed E-state index contributed by atoms with van der Waals surface area (Å²) >= 11 is 0.827. The quantitative estimate of drug-likeness (QED) is 0.519. The molecule has 1 aliphatic rings. The van der Waals surface area contributed by atoms with E-state index in [4.69, 9.17) is 13.9 Å². The lowest BCUT2D eigenvalue weighted by Gasteiger charge is -2.13. The van der Waals surface area contributed by atoms with Crippen LogP contribution in [0.2, 0.25) is 0 Å². The van der Waals surface area contributed by atoms with E-state index in [1.54, 1.807) is 25.3 Å². The van der Waals surface area contributed by atoms with Crippen LogP contribution < -0.4 is 9.47 Å². The van der Waals surface area contributed by atoms with Crippen molar-refractivity contribution in [3.05, 3.63) is 51.8 Å². The molecule has 0 spiro atoms. The molecule has 2 aromatic rings. The second-order valence-corrected chi connectivity index (χ2v) is 7.03. The standard InChI is InChI=1S/C20H19NO7S/c1-11-14(25-2)7-5-12(17(11)26-3)9-16-18(22)21(20(24)29-16)10-13-6-8-15(28-13)19(23)27-4/h5-9H,10H2,1-4H3. The lowest BCUT2D eigenvalue weighted by atomic mass is 10.1. The number of carbonyl (C=O) groups is 3. The molecule has 0 unspecified atom stereocenters. The predicted molar refractivity (Wildman–Crippen MR) is 106 cm³/mol. The molecule has 3 rings (SSSR count). The third-order valence-electron chi connectivity index (χ3n) is 4.33. The smallest absolute Gasteiger partial charge is 0.373 e. The molecule has 0 N–H and O–H groups in total. The van der Waals surface area contributed by atoms with Crippen molar-refractivity contribution in [2.45, 2.75) is 13.5 Å². The van der Waals surface area contributed by atoms with Crippen molar-refractivity contribution >= 4 is 35.0 Å². The van der Waals surface area contributed by atoms with Crippen molar-refractivity contribution in [1.29, 1.82) is 0 Å². The number of furan rings is 1. The van der Waals surface area contributed by atoms with Crippen molar-refractivity contribution in [2.75, 3.05) is 21.3 Å². The predicted octanol–water partition coefficient (Wildman–Crippen LogP) is 3.63. The highest BCUT2D eigenvalue weighted by Crippen LogP contribution is 2.37. The third kappa shape index (κ3) is 4.00. The molecular formula is C20H19NO7S. The van der Waals surface area contributed by atoms with E-state index in [2.05, 4.69) is 4.74 Å². The number of hydrogen-bond acceptors (Lipinski definition) is 8. The third-order valence-corrected chi connectivity index (χ3v) is 5.24. The number of ether oxygens (including phenoxy) is 3. The zero-order valence-corrected chi connectivity index (χ0v) is 17.1. The fraction of sp³-hybridized carbons (Fsp3) is 0.250. The molecule has 0 aliphatic carbocycles. The Balaban J connectivity index is 1.84. The zero-order chi connectivity index (χ0) is 21.1. The van der Waals surface area contributed by atoms with Crippen LogP contribution in [-0.4, -0.2) is 43.3 Å². The second-order valence-electron chi connectivity index (χ2n) is 6.04. The number of hydrogen-bond donors (Lipinski definition) is 0. The molecule has 2 amide bonds. The van der Waals surface area contributed by atoms with Crippen LogP contribution in [0.5, 0.6) is 11.5 Å². The number of carbonyl (C=O) groups excluding carboxylic acids is 3. The molecule has 0 radical (unpaired) electrons. The summed E-state index contributed by atoms with van der Waals surface area (Å²) in [5.74, 6) is 0.435. The highest BCUT2D eigenvalue weighted by Gasteiger charge is 2.36. The molecule has 152 valence electrons. The van der Waals surface area contributed by atoms with Gasteiger partial charge in [-0.3, -0.25) is 14.5 Å². The summed E-state index contributed by atoms with van der Waals surface area (Å²) in [5, 5.41) is -0.429. The van der Waals surface area contributed by atoms with Gasteiger partial charge in [0.15, 0.2) is 0 Å². The number of rotatable bonds is 6. The molecule has 8 nitrogen and oxygen atoms in total. The molecule has 29 heavy (non-hydrogen) atoms. The molecule has 1 aromatic heterocycles.